The Bertz CT molecular complexity index is 512. The third-order valence-electron chi connectivity index (χ3n) is 2.04. The first-order chi connectivity index (χ1) is 7.07. The van der Waals surface area contributed by atoms with E-state index in [-0.39, 0.29) is 4.90 Å². The number of benzene rings is 1. The lowest BCUT2D eigenvalue weighted by Gasteiger charge is -2.12. The molecule has 1 aliphatic heterocycles. The Morgan fingerprint density at radius 2 is 2.00 bits per heavy atom. The van der Waals surface area contributed by atoms with Crippen molar-refractivity contribution in [3.8, 4) is 0 Å². The Labute approximate surface area is 86.7 Å². The number of nitrogens with zero attached hydrogens (tertiary/aromatic N) is 1. The van der Waals surface area contributed by atoms with E-state index in [1.165, 1.54) is 12.6 Å². The molecule has 3 N–H and O–H groups in total. The Morgan fingerprint density at radius 1 is 1.33 bits per heavy atom. The molecule has 2 rings (SSSR count). The number of hydrogen-bond acceptors (Lipinski definition) is 4. The fraction of sp³-hybridized carbons (Fsp3) is 0. The van der Waals surface area contributed by atoms with Gasteiger partial charge in [0.1, 0.15) is 6.54 Å². The summed E-state index contributed by atoms with van der Waals surface area (Å²) in [6.07, 6.45) is 0. The van der Waals surface area contributed by atoms with Crippen LogP contribution in [-0.2, 0) is 10.0 Å². The van der Waals surface area contributed by atoms with Gasteiger partial charge in [0.25, 0.3) is 10.0 Å². The number of fused-ring (bicyclic) bond motifs is 1. The van der Waals surface area contributed by atoms with E-state index in [1.54, 1.807) is 23.6 Å². The van der Waals surface area contributed by atoms with Crippen LogP contribution in [0.4, 0.5) is 4.79 Å². The monoisotopic (exact) mass is 226 g/mol. The third-order valence-corrected chi connectivity index (χ3v) is 3.75. The van der Waals surface area contributed by atoms with Crippen LogP contribution < -0.4 is 11.3 Å². The quantitative estimate of drug-likeness (QED) is 0.363. The van der Waals surface area contributed by atoms with Gasteiger partial charge in [-0.1, -0.05) is 18.2 Å². The highest BCUT2D eigenvalue weighted by atomic mass is 32.2. The number of nitrogens with two attached hydrogens (primary N) is 1. The summed E-state index contributed by atoms with van der Waals surface area (Å²) < 4.78 is 24.1. The van der Waals surface area contributed by atoms with Crippen LogP contribution in [0.2, 0.25) is 0 Å². The fourth-order valence-electron chi connectivity index (χ4n) is 1.36. The molecule has 2 amide bonds. The van der Waals surface area contributed by atoms with E-state index >= 15 is 0 Å². The van der Waals surface area contributed by atoms with Crippen LogP contribution in [0.1, 0.15) is 5.56 Å². The number of carbonyl (C=O) groups excluding carboxylic acids is 1. The maximum Gasteiger partial charge on any atom is 0.346 e. The molecule has 1 aromatic rings. The zero-order valence-electron chi connectivity index (χ0n) is 7.54. The van der Waals surface area contributed by atoms with Crippen molar-refractivity contribution >= 4 is 16.1 Å². The molecular weight excluding hydrogens is 218 g/mol. The van der Waals surface area contributed by atoms with Crippen molar-refractivity contribution in [3.05, 3.63) is 36.4 Å². The minimum atomic E-state index is -3.77. The molecular formula is C8H8N3O3S. The summed E-state index contributed by atoms with van der Waals surface area (Å²) in [6.45, 7) is 1.23. The molecule has 0 unspecified atom stereocenters. The second-order valence-electron chi connectivity index (χ2n) is 2.92. The molecule has 0 aliphatic carbocycles. The summed E-state index contributed by atoms with van der Waals surface area (Å²) in [6, 6.07) is 5.44. The number of carbonyl (C=O) groups is 1. The first kappa shape index (κ1) is 9.94. The van der Waals surface area contributed by atoms with E-state index in [1.807, 2.05) is 0 Å². The fourth-order valence-corrected chi connectivity index (χ4v) is 2.76. The average molecular weight is 226 g/mol. The second-order valence-corrected chi connectivity index (χ2v) is 4.70. The SMILES string of the molecule is NNC(=O)N1[CH]c2ccccc2S1(=O)=O. The molecule has 1 aliphatic rings. The van der Waals surface area contributed by atoms with Gasteiger partial charge in [0.2, 0.25) is 0 Å². The predicted molar refractivity (Wildman–Crippen MR) is 51.6 cm³/mol. The van der Waals surface area contributed by atoms with E-state index in [4.69, 9.17) is 5.84 Å². The molecule has 0 fully saturated rings. The van der Waals surface area contributed by atoms with Crippen LogP contribution in [0, 0.1) is 6.54 Å². The van der Waals surface area contributed by atoms with Gasteiger partial charge in [0.05, 0.1) is 4.90 Å². The van der Waals surface area contributed by atoms with E-state index in [0.29, 0.717) is 9.87 Å². The number of hydrazine groups is 1. The number of rotatable bonds is 0. The van der Waals surface area contributed by atoms with Crippen molar-refractivity contribution < 1.29 is 13.2 Å². The molecule has 6 nitrogen and oxygen atoms in total. The molecule has 15 heavy (non-hydrogen) atoms. The molecule has 0 saturated carbocycles. The first-order valence-corrected chi connectivity index (χ1v) is 5.50. The summed E-state index contributed by atoms with van der Waals surface area (Å²) in [4.78, 5) is 11.3. The number of sulfonamides is 1. The van der Waals surface area contributed by atoms with Gasteiger partial charge in [-0.05, 0) is 11.6 Å². The van der Waals surface area contributed by atoms with Crippen LogP contribution in [0.15, 0.2) is 29.2 Å². The van der Waals surface area contributed by atoms with Gasteiger partial charge in [-0.15, -0.1) is 0 Å². The van der Waals surface area contributed by atoms with Crippen molar-refractivity contribution in [3.63, 3.8) is 0 Å². The summed E-state index contributed by atoms with van der Waals surface area (Å²) in [5.74, 6) is 4.88. The van der Waals surface area contributed by atoms with Crippen molar-refractivity contribution in [2.45, 2.75) is 4.90 Å². The second kappa shape index (κ2) is 3.21. The third kappa shape index (κ3) is 1.36. The maximum atomic E-state index is 11.8. The zero-order chi connectivity index (χ0) is 11.1. The molecule has 0 aromatic heterocycles. The van der Waals surface area contributed by atoms with E-state index in [9.17, 15) is 13.2 Å². The molecule has 79 valence electrons. The largest absolute Gasteiger partial charge is 0.346 e. The summed E-state index contributed by atoms with van der Waals surface area (Å²) in [7, 11) is -3.77. The molecule has 7 heteroatoms. The van der Waals surface area contributed by atoms with Gasteiger partial charge < -0.3 is 0 Å². The maximum absolute atomic E-state index is 11.8. The van der Waals surface area contributed by atoms with Crippen LogP contribution >= 0.6 is 0 Å². The van der Waals surface area contributed by atoms with Crippen molar-refractivity contribution in [2.75, 3.05) is 0 Å². The topological polar surface area (TPSA) is 92.5 Å². The normalized spacial score (nSPS) is 17.3. The van der Waals surface area contributed by atoms with Crippen LogP contribution in [0.3, 0.4) is 0 Å². The molecule has 1 heterocycles. The number of hydrogen-bond donors (Lipinski definition) is 2. The van der Waals surface area contributed by atoms with E-state index in [2.05, 4.69) is 0 Å². The standard InChI is InChI=1S/C8H8N3O3S/c9-10-8(12)11-5-6-3-1-2-4-7(6)15(11,13)14/h1-5H,9H2,(H,10,12). The number of amides is 2. The first-order valence-electron chi connectivity index (χ1n) is 4.06. The average Bonchev–Trinajstić information content (AvgIpc) is 2.51. The Balaban J connectivity index is 2.52. The smallest absolute Gasteiger partial charge is 0.275 e. The van der Waals surface area contributed by atoms with E-state index in [0.717, 1.165) is 0 Å². The van der Waals surface area contributed by atoms with Gasteiger partial charge in [0.15, 0.2) is 0 Å². The molecule has 0 spiro atoms. The molecule has 1 aromatic carbocycles. The van der Waals surface area contributed by atoms with E-state index < -0.39 is 16.1 Å². The highest BCUT2D eigenvalue weighted by Gasteiger charge is 2.37. The lowest BCUT2D eigenvalue weighted by Crippen LogP contribution is -2.42. The molecule has 0 bridgehead atoms. The van der Waals surface area contributed by atoms with Gasteiger partial charge in [-0.2, -0.15) is 0 Å². The predicted octanol–water partition coefficient (Wildman–Crippen LogP) is -0.216. The molecule has 0 atom stereocenters. The van der Waals surface area contributed by atoms with Crippen LogP contribution in [0.5, 0.6) is 0 Å². The molecule has 0 saturated heterocycles. The zero-order valence-corrected chi connectivity index (χ0v) is 8.36. The van der Waals surface area contributed by atoms with Crippen molar-refractivity contribution in [1.82, 2.24) is 9.73 Å². The van der Waals surface area contributed by atoms with Crippen LogP contribution in [0.25, 0.3) is 0 Å². The van der Waals surface area contributed by atoms with Gasteiger partial charge in [0, 0.05) is 0 Å². The van der Waals surface area contributed by atoms with Gasteiger partial charge >= 0.3 is 6.03 Å². The minimum Gasteiger partial charge on any atom is -0.275 e. The highest BCUT2D eigenvalue weighted by molar-refractivity contribution is 7.90. The van der Waals surface area contributed by atoms with Gasteiger partial charge in [-0.3, -0.25) is 5.43 Å². The Kier molecular flexibility index (Phi) is 2.13. The molecule has 1 radical (unpaired) electrons. The summed E-state index contributed by atoms with van der Waals surface area (Å²) in [5.41, 5.74) is 2.25. The minimum absolute atomic E-state index is 0.105. The van der Waals surface area contributed by atoms with Crippen molar-refractivity contribution in [1.29, 1.82) is 0 Å². The Hall–Kier alpha value is -1.60. The lowest BCUT2D eigenvalue weighted by molar-refractivity contribution is 0.230. The number of urea groups is 1. The van der Waals surface area contributed by atoms with Gasteiger partial charge in [-0.25, -0.2) is 23.4 Å². The summed E-state index contributed by atoms with van der Waals surface area (Å²) in [5, 5.41) is 0. The summed E-state index contributed by atoms with van der Waals surface area (Å²) >= 11 is 0. The highest BCUT2D eigenvalue weighted by Crippen LogP contribution is 2.30. The van der Waals surface area contributed by atoms with Crippen molar-refractivity contribution in [2.24, 2.45) is 5.84 Å². The van der Waals surface area contributed by atoms with Crippen LogP contribution in [-0.4, -0.2) is 18.8 Å². The number of nitrogens with one attached hydrogen (secondary N) is 1. The lowest BCUT2D eigenvalue weighted by atomic mass is 10.2. The Morgan fingerprint density at radius 3 is 2.60 bits per heavy atom.